The van der Waals surface area contributed by atoms with Gasteiger partial charge in [-0.1, -0.05) is 214 Å². The fraction of sp³-hybridized carbons (Fsp3) is 0.0500. The molecule has 0 spiro atoms. The first-order chi connectivity index (χ1) is 31.0. The zero-order valence-corrected chi connectivity index (χ0v) is 35.0. The van der Waals surface area contributed by atoms with Crippen LogP contribution in [0, 0.1) is 0 Å². The third kappa shape index (κ3) is 6.07. The lowest BCUT2D eigenvalue weighted by molar-refractivity contribution is 0.660. The van der Waals surface area contributed by atoms with Crippen LogP contribution in [-0.2, 0) is 5.41 Å². The van der Waals surface area contributed by atoms with E-state index in [0.29, 0.717) is 17.5 Å². The Labute approximate surface area is 367 Å². The van der Waals surface area contributed by atoms with Crippen molar-refractivity contribution in [3.05, 3.63) is 223 Å². The van der Waals surface area contributed by atoms with Crippen molar-refractivity contribution in [2.75, 3.05) is 0 Å². The molecule has 12 rings (SSSR count). The second-order valence-electron chi connectivity index (χ2n) is 17.1. The Morgan fingerprint density at radius 3 is 1.54 bits per heavy atom. The predicted octanol–water partition coefficient (Wildman–Crippen LogP) is 15.6. The van der Waals surface area contributed by atoms with E-state index in [9.17, 15) is 0 Å². The summed E-state index contributed by atoms with van der Waals surface area (Å²) < 4.78 is 0. The van der Waals surface area contributed by atoms with Crippen LogP contribution in [0.25, 0.3) is 111 Å². The van der Waals surface area contributed by atoms with Crippen molar-refractivity contribution in [3.8, 4) is 78.7 Å². The molecule has 3 heteroatoms. The molecule has 0 bridgehead atoms. The maximum atomic E-state index is 5.34. The molecule has 1 heterocycles. The molecule has 0 atom stereocenters. The van der Waals surface area contributed by atoms with Gasteiger partial charge in [-0.25, -0.2) is 15.0 Å². The normalized spacial score (nSPS) is 12.7. The van der Waals surface area contributed by atoms with Gasteiger partial charge in [-0.05, 0) is 100 Å². The van der Waals surface area contributed by atoms with Crippen LogP contribution in [0.3, 0.4) is 0 Å². The molecule has 0 aliphatic heterocycles. The molecule has 1 aliphatic rings. The van der Waals surface area contributed by atoms with Crippen molar-refractivity contribution in [3.63, 3.8) is 0 Å². The highest BCUT2D eigenvalue weighted by molar-refractivity contribution is 6.20. The van der Waals surface area contributed by atoms with Gasteiger partial charge in [-0.15, -0.1) is 0 Å². The number of nitrogens with zero attached hydrogens (tertiary/aromatic N) is 3. The van der Waals surface area contributed by atoms with Gasteiger partial charge in [-0.2, -0.15) is 0 Å². The van der Waals surface area contributed by atoms with Crippen molar-refractivity contribution >= 4 is 32.3 Å². The summed E-state index contributed by atoms with van der Waals surface area (Å²) in [5.41, 5.74) is 14.8. The highest BCUT2D eigenvalue weighted by Crippen LogP contribution is 2.50. The van der Waals surface area contributed by atoms with Gasteiger partial charge in [0.15, 0.2) is 17.5 Å². The first-order valence-corrected chi connectivity index (χ1v) is 21.7. The summed E-state index contributed by atoms with van der Waals surface area (Å²) in [6, 6.07) is 76.2. The zero-order chi connectivity index (χ0) is 42.1. The fourth-order valence-electron chi connectivity index (χ4n) is 10.0. The molecule has 1 aromatic heterocycles. The Bertz CT molecular complexity index is 3590. The second kappa shape index (κ2) is 14.6. The van der Waals surface area contributed by atoms with Gasteiger partial charge >= 0.3 is 0 Å². The summed E-state index contributed by atoms with van der Waals surface area (Å²) in [4.78, 5) is 16.0. The monoisotopic (exact) mass is 803 g/mol. The highest BCUT2D eigenvalue weighted by Gasteiger charge is 2.35. The summed E-state index contributed by atoms with van der Waals surface area (Å²) in [7, 11) is 0. The SMILES string of the molecule is CC1(C)c2ccccc2-c2ccc(-c3ccccc3-c3nc(-c4ccc(-c5c6ccccc6cc6c5ccc5ccccc56)cc4)nc(-c4ccccc4-c4ccccc4)n3)cc21. The molecule has 0 N–H and O–H groups in total. The molecular formula is C60H41N3. The number of fused-ring (bicyclic) bond motifs is 7. The van der Waals surface area contributed by atoms with Gasteiger partial charge < -0.3 is 0 Å². The summed E-state index contributed by atoms with van der Waals surface area (Å²) in [6.45, 7) is 4.66. The van der Waals surface area contributed by atoms with Crippen molar-refractivity contribution in [1.82, 2.24) is 15.0 Å². The minimum absolute atomic E-state index is 0.121. The quantitative estimate of drug-likeness (QED) is 0.124. The van der Waals surface area contributed by atoms with Gasteiger partial charge in [-0.3, -0.25) is 0 Å². The average molecular weight is 804 g/mol. The topological polar surface area (TPSA) is 38.7 Å². The lowest BCUT2D eigenvalue weighted by atomic mass is 9.81. The Balaban J connectivity index is 1.03. The molecule has 0 fully saturated rings. The first kappa shape index (κ1) is 36.8. The van der Waals surface area contributed by atoms with Crippen LogP contribution in [0.2, 0.25) is 0 Å². The van der Waals surface area contributed by atoms with E-state index in [2.05, 4.69) is 220 Å². The molecule has 11 aromatic rings. The number of benzene rings is 10. The van der Waals surface area contributed by atoms with Crippen LogP contribution in [-0.4, -0.2) is 15.0 Å². The molecular weight excluding hydrogens is 763 g/mol. The van der Waals surface area contributed by atoms with Crippen molar-refractivity contribution in [2.24, 2.45) is 0 Å². The summed E-state index contributed by atoms with van der Waals surface area (Å²) >= 11 is 0. The van der Waals surface area contributed by atoms with Crippen molar-refractivity contribution < 1.29 is 0 Å². The van der Waals surface area contributed by atoms with Gasteiger partial charge in [0.2, 0.25) is 0 Å². The Kier molecular flexibility index (Phi) is 8.52. The van der Waals surface area contributed by atoms with Crippen LogP contribution >= 0.6 is 0 Å². The van der Waals surface area contributed by atoms with E-state index in [1.807, 2.05) is 6.07 Å². The third-order valence-electron chi connectivity index (χ3n) is 13.2. The predicted molar refractivity (Wildman–Crippen MR) is 263 cm³/mol. The van der Waals surface area contributed by atoms with Crippen LogP contribution in [0.1, 0.15) is 25.0 Å². The van der Waals surface area contributed by atoms with E-state index in [-0.39, 0.29) is 5.41 Å². The minimum Gasteiger partial charge on any atom is -0.208 e. The molecule has 0 unspecified atom stereocenters. The zero-order valence-electron chi connectivity index (χ0n) is 35.0. The molecule has 63 heavy (non-hydrogen) atoms. The molecule has 0 saturated heterocycles. The van der Waals surface area contributed by atoms with Crippen molar-refractivity contribution in [2.45, 2.75) is 19.3 Å². The Hall–Kier alpha value is -8.01. The van der Waals surface area contributed by atoms with E-state index in [0.717, 1.165) is 44.5 Å². The minimum atomic E-state index is -0.121. The average Bonchev–Trinajstić information content (AvgIpc) is 3.58. The maximum Gasteiger partial charge on any atom is 0.164 e. The van der Waals surface area contributed by atoms with E-state index < -0.39 is 0 Å². The Morgan fingerprint density at radius 2 is 0.810 bits per heavy atom. The van der Waals surface area contributed by atoms with Crippen LogP contribution < -0.4 is 0 Å². The largest absolute Gasteiger partial charge is 0.208 e. The van der Waals surface area contributed by atoms with E-state index in [4.69, 9.17) is 15.0 Å². The smallest absolute Gasteiger partial charge is 0.164 e. The van der Waals surface area contributed by atoms with Gasteiger partial charge in [0.05, 0.1) is 0 Å². The molecule has 296 valence electrons. The molecule has 0 radical (unpaired) electrons. The number of hydrogen-bond donors (Lipinski definition) is 0. The van der Waals surface area contributed by atoms with Crippen LogP contribution in [0.4, 0.5) is 0 Å². The van der Waals surface area contributed by atoms with E-state index >= 15 is 0 Å². The molecule has 1 aliphatic carbocycles. The molecule has 10 aromatic carbocycles. The van der Waals surface area contributed by atoms with E-state index in [1.165, 1.54) is 60.1 Å². The summed E-state index contributed by atoms with van der Waals surface area (Å²) in [6.07, 6.45) is 0. The van der Waals surface area contributed by atoms with Gasteiger partial charge in [0.25, 0.3) is 0 Å². The lowest BCUT2D eigenvalue weighted by Crippen LogP contribution is -2.14. The molecule has 3 nitrogen and oxygen atoms in total. The Morgan fingerprint density at radius 1 is 0.286 bits per heavy atom. The fourth-order valence-corrected chi connectivity index (χ4v) is 10.0. The summed E-state index contributed by atoms with van der Waals surface area (Å²) in [5.74, 6) is 1.89. The first-order valence-electron chi connectivity index (χ1n) is 21.7. The van der Waals surface area contributed by atoms with Gasteiger partial charge in [0.1, 0.15) is 0 Å². The molecule has 0 amide bonds. The van der Waals surface area contributed by atoms with Gasteiger partial charge in [0, 0.05) is 22.1 Å². The van der Waals surface area contributed by atoms with Crippen LogP contribution in [0.15, 0.2) is 212 Å². The summed E-state index contributed by atoms with van der Waals surface area (Å²) in [5, 5.41) is 7.44. The van der Waals surface area contributed by atoms with Crippen LogP contribution in [0.5, 0.6) is 0 Å². The molecule has 0 saturated carbocycles. The van der Waals surface area contributed by atoms with E-state index in [1.54, 1.807) is 0 Å². The maximum absolute atomic E-state index is 5.34. The van der Waals surface area contributed by atoms with Crippen molar-refractivity contribution in [1.29, 1.82) is 0 Å². The number of rotatable bonds is 6. The number of aromatic nitrogens is 3. The lowest BCUT2D eigenvalue weighted by Gasteiger charge is -2.22. The second-order valence-corrected chi connectivity index (χ2v) is 17.1. The highest BCUT2D eigenvalue weighted by atomic mass is 15.0. The standard InChI is InChI=1S/C60H41N3/c1-60(2)54-27-15-14-24-48(54)49-34-33-43(37-55(49)60)46-22-11-13-26-52(46)59-62-57(61-58(63-59)51-25-12-10-20-44(51)38-16-4-3-5-17-38)41-30-28-40(29-31-41)56-47-23-9-7-19-42(47)36-53-45-21-8-6-18-39(45)32-35-50(53)56/h3-37H,1-2H3. The third-order valence-corrected chi connectivity index (χ3v) is 13.2. The number of hydrogen-bond acceptors (Lipinski definition) is 3.